The second kappa shape index (κ2) is 5.47. The maximum Gasteiger partial charge on any atom is 0.315 e. The maximum absolute atomic E-state index is 12.8. The van der Waals surface area contributed by atoms with Crippen LogP contribution in [0.5, 0.6) is 0 Å². The second-order valence-corrected chi connectivity index (χ2v) is 6.79. The van der Waals surface area contributed by atoms with Gasteiger partial charge in [-0.15, -0.1) is 0 Å². The summed E-state index contributed by atoms with van der Waals surface area (Å²) in [4.78, 5) is 15.9. The summed E-state index contributed by atoms with van der Waals surface area (Å²) in [6, 6.07) is 9.67. The van der Waals surface area contributed by atoms with Crippen LogP contribution in [0.3, 0.4) is 0 Å². The lowest BCUT2D eigenvalue weighted by molar-refractivity contribution is 0.102. The van der Waals surface area contributed by atoms with Crippen molar-refractivity contribution in [2.75, 3.05) is 11.6 Å². The Kier molecular flexibility index (Phi) is 3.61. The quantitative estimate of drug-likeness (QED) is 0.795. The van der Waals surface area contributed by atoms with Crippen LogP contribution in [0.25, 0.3) is 11.1 Å². The Bertz CT molecular complexity index is 994. The van der Waals surface area contributed by atoms with E-state index in [1.165, 1.54) is 36.4 Å². The minimum atomic E-state index is -3.55. The first-order valence-electron chi connectivity index (χ1n) is 6.50. The van der Waals surface area contributed by atoms with Gasteiger partial charge in [0.05, 0.1) is 0 Å². The molecule has 0 aliphatic carbocycles. The van der Waals surface area contributed by atoms with Gasteiger partial charge in [-0.05, 0) is 36.4 Å². The van der Waals surface area contributed by atoms with Crippen molar-refractivity contribution in [3.63, 3.8) is 0 Å². The minimum absolute atomic E-state index is 0.238. The number of oxazole rings is 1. The Morgan fingerprint density at radius 3 is 2.52 bits per heavy atom. The number of amides is 1. The molecule has 1 N–H and O–H groups in total. The molecule has 0 aliphatic heterocycles. The van der Waals surface area contributed by atoms with Crippen LogP contribution < -0.4 is 5.32 Å². The van der Waals surface area contributed by atoms with Crippen molar-refractivity contribution in [1.82, 2.24) is 4.98 Å². The molecular weight excluding hydrogens is 323 g/mol. The molecule has 3 aromatic rings. The van der Waals surface area contributed by atoms with Crippen LogP contribution >= 0.6 is 0 Å². The van der Waals surface area contributed by atoms with Crippen LogP contribution in [0.4, 0.5) is 10.1 Å². The number of anilines is 1. The summed E-state index contributed by atoms with van der Waals surface area (Å²) in [7, 11) is -3.55. The largest absolute Gasteiger partial charge is 0.428 e. The predicted molar refractivity (Wildman–Crippen MR) is 81.5 cm³/mol. The van der Waals surface area contributed by atoms with Gasteiger partial charge < -0.3 is 9.73 Å². The highest BCUT2D eigenvalue weighted by atomic mass is 32.2. The van der Waals surface area contributed by atoms with Crippen molar-refractivity contribution in [2.24, 2.45) is 0 Å². The van der Waals surface area contributed by atoms with Gasteiger partial charge in [-0.2, -0.15) is 4.98 Å². The van der Waals surface area contributed by atoms with E-state index in [0.29, 0.717) is 16.8 Å². The molecule has 0 bridgehead atoms. The van der Waals surface area contributed by atoms with Gasteiger partial charge in [0, 0.05) is 23.6 Å². The normalized spacial score (nSPS) is 11.6. The fourth-order valence-electron chi connectivity index (χ4n) is 1.94. The Hall–Kier alpha value is -2.74. The van der Waals surface area contributed by atoms with Crippen LogP contribution in [0, 0.1) is 5.82 Å². The lowest BCUT2D eigenvalue weighted by atomic mass is 10.2. The van der Waals surface area contributed by atoms with Crippen LogP contribution in [0.15, 0.2) is 52.1 Å². The van der Waals surface area contributed by atoms with E-state index in [1.807, 2.05) is 0 Å². The van der Waals surface area contributed by atoms with Gasteiger partial charge in [-0.3, -0.25) is 4.79 Å². The number of nitrogens with zero attached hydrogens (tertiary/aromatic N) is 1. The fraction of sp³-hybridized carbons (Fsp3) is 0.0667. The van der Waals surface area contributed by atoms with Gasteiger partial charge in [0.15, 0.2) is 5.58 Å². The molecule has 1 aromatic heterocycles. The number of carbonyl (C=O) groups excluding carboxylic acids is 1. The molecule has 0 spiro atoms. The summed E-state index contributed by atoms with van der Waals surface area (Å²) in [5, 5.41) is 2.24. The number of rotatable bonds is 3. The molecule has 0 saturated carbocycles. The van der Waals surface area contributed by atoms with Crippen LogP contribution in [0.1, 0.15) is 10.4 Å². The van der Waals surface area contributed by atoms with Crippen LogP contribution in [-0.2, 0) is 9.84 Å². The molecule has 0 fully saturated rings. The number of halogens is 1. The minimum Gasteiger partial charge on any atom is -0.428 e. The van der Waals surface area contributed by atoms with E-state index in [4.69, 9.17) is 4.42 Å². The van der Waals surface area contributed by atoms with Gasteiger partial charge in [0.1, 0.15) is 11.3 Å². The van der Waals surface area contributed by atoms with E-state index in [-0.39, 0.29) is 10.8 Å². The molecule has 3 rings (SSSR count). The first-order chi connectivity index (χ1) is 10.8. The molecule has 118 valence electrons. The smallest absolute Gasteiger partial charge is 0.315 e. The fourth-order valence-corrected chi connectivity index (χ4v) is 2.45. The summed E-state index contributed by atoms with van der Waals surface area (Å²) in [6.07, 6.45) is 0.995. The zero-order chi connectivity index (χ0) is 16.6. The molecule has 0 atom stereocenters. The molecule has 0 saturated heterocycles. The molecule has 1 heterocycles. The number of nitrogens with one attached hydrogen (secondary N) is 1. The third kappa shape index (κ3) is 3.21. The lowest BCUT2D eigenvalue weighted by Crippen LogP contribution is -2.11. The highest BCUT2D eigenvalue weighted by molar-refractivity contribution is 7.90. The molecular formula is C15H11FN2O4S. The Morgan fingerprint density at radius 1 is 1.17 bits per heavy atom. The van der Waals surface area contributed by atoms with Crippen molar-refractivity contribution in [3.8, 4) is 0 Å². The molecule has 0 radical (unpaired) electrons. The van der Waals surface area contributed by atoms with E-state index in [9.17, 15) is 17.6 Å². The number of hydrogen-bond acceptors (Lipinski definition) is 5. The summed E-state index contributed by atoms with van der Waals surface area (Å²) in [5.41, 5.74) is 1.30. The number of sulfone groups is 1. The Labute approximate surface area is 130 Å². The average Bonchev–Trinajstić information content (AvgIpc) is 2.91. The Morgan fingerprint density at radius 2 is 1.87 bits per heavy atom. The third-order valence-corrected chi connectivity index (χ3v) is 3.86. The summed E-state index contributed by atoms with van der Waals surface area (Å²) in [5.74, 6) is -0.856. The number of benzene rings is 2. The molecule has 6 nitrogen and oxygen atoms in total. The maximum atomic E-state index is 12.8. The first-order valence-corrected chi connectivity index (χ1v) is 8.40. The van der Waals surface area contributed by atoms with Crippen molar-refractivity contribution in [3.05, 3.63) is 53.8 Å². The van der Waals surface area contributed by atoms with Gasteiger partial charge in [-0.25, -0.2) is 12.8 Å². The van der Waals surface area contributed by atoms with Gasteiger partial charge in [-0.1, -0.05) is 0 Å². The van der Waals surface area contributed by atoms with Crippen LogP contribution in [-0.4, -0.2) is 25.6 Å². The van der Waals surface area contributed by atoms with Crippen molar-refractivity contribution >= 4 is 32.5 Å². The van der Waals surface area contributed by atoms with E-state index < -0.39 is 21.6 Å². The molecule has 8 heteroatoms. The van der Waals surface area contributed by atoms with Gasteiger partial charge in [0.25, 0.3) is 5.91 Å². The zero-order valence-corrected chi connectivity index (χ0v) is 12.7. The molecule has 1 amide bonds. The van der Waals surface area contributed by atoms with E-state index in [0.717, 1.165) is 6.26 Å². The molecule has 2 aromatic carbocycles. The molecule has 0 unspecified atom stereocenters. The summed E-state index contributed by atoms with van der Waals surface area (Å²) >= 11 is 0. The second-order valence-electron chi connectivity index (χ2n) is 4.90. The van der Waals surface area contributed by atoms with Crippen LogP contribution in [0.2, 0.25) is 0 Å². The highest BCUT2D eigenvalue weighted by Gasteiger charge is 2.16. The monoisotopic (exact) mass is 334 g/mol. The van der Waals surface area contributed by atoms with E-state index in [2.05, 4.69) is 10.3 Å². The van der Waals surface area contributed by atoms with Gasteiger partial charge >= 0.3 is 5.22 Å². The zero-order valence-electron chi connectivity index (χ0n) is 11.9. The first kappa shape index (κ1) is 15.2. The highest BCUT2D eigenvalue weighted by Crippen LogP contribution is 2.22. The Balaban J connectivity index is 1.88. The number of fused-ring (bicyclic) bond motifs is 1. The summed E-state index contributed by atoms with van der Waals surface area (Å²) in [6.45, 7) is 0. The molecule has 0 aliphatic rings. The van der Waals surface area contributed by atoms with Crippen molar-refractivity contribution in [2.45, 2.75) is 5.22 Å². The summed E-state index contributed by atoms with van der Waals surface area (Å²) < 4.78 is 40.9. The van der Waals surface area contributed by atoms with Crippen molar-refractivity contribution < 1.29 is 22.0 Å². The SMILES string of the molecule is CS(=O)(=O)c1nc2ccc(NC(=O)c3ccc(F)cc3)cc2o1. The number of carbonyl (C=O) groups is 1. The standard InChI is InChI=1S/C15H11FN2O4S/c1-23(20,21)15-18-12-7-6-11(8-13(12)22-15)17-14(19)9-2-4-10(16)5-3-9/h2-8H,1H3,(H,17,19). The molecule has 23 heavy (non-hydrogen) atoms. The van der Waals surface area contributed by atoms with E-state index in [1.54, 1.807) is 6.07 Å². The average molecular weight is 334 g/mol. The third-order valence-electron chi connectivity index (χ3n) is 3.05. The predicted octanol–water partition coefficient (Wildman–Crippen LogP) is 2.62. The topological polar surface area (TPSA) is 89.3 Å². The number of aromatic nitrogens is 1. The van der Waals surface area contributed by atoms with Gasteiger partial charge in [0.2, 0.25) is 9.84 Å². The van der Waals surface area contributed by atoms with E-state index >= 15 is 0 Å². The van der Waals surface area contributed by atoms with Crippen molar-refractivity contribution in [1.29, 1.82) is 0 Å². The lowest BCUT2D eigenvalue weighted by Gasteiger charge is -2.04. The number of hydrogen-bond donors (Lipinski definition) is 1.